The molecule has 4 heterocycles. The van der Waals surface area contributed by atoms with Crippen molar-refractivity contribution in [1.82, 2.24) is 25.9 Å². The first-order chi connectivity index (χ1) is 13.3. The van der Waals surface area contributed by atoms with E-state index in [9.17, 15) is 0 Å². The number of hydrazine groups is 2. The number of hydrogen-bond acceptors (Lipinski definition) is 6. The lowest BCUT2D eigenvalue weighted by Gasteiger charge is -2.33. The Hall–Kier alpha value is -3.08. The molecule has 1 aromatic carbocycles. The third-order valence-corrected chi connectivity index (χ3v) is 5.49. The lowest BCUT2D eigenvalue weighted by Crippen LogP contribution is -2.40. The average molecular weight is 359 g/mol. The highest BCUT2D eigenvalue weighted by atomic mass is 15.7. The van der Waals surface area contributed by atoms with Gasteiger partial charge in [0.1, 0.15) is 12.2 Å². The van der Waals surface area contributed by atoms with Crippen LogP contribution in [0.4, 0.5) is 5.82 Å². The van der Waals surface area contributed by atoms with E-state index in [1.165, 1.54) is 29.8 Å². The highest BCUT2D eigenvalue weighted by Crippen LogP contribution is 2.37. The number of nitrogens with one attached hydrogen (secondary N) is 3. The third-order valence-electron chi connectivity index (χ3n) is 5.49. The van der Waals surface area contributed by atoms with E-state index in [2.05, 4.69) is 50.1 Å². The zero-order valence-corrected chi connectivity index (χ0v) is 14.9. The number of rotatable bonds is 3. The Kier molecular flexibility index (Phi) is 3.93. The molecular weight excluding hydrogens is 338 g/mol. The lowest BCUT2D eigenvalue weighted by atomic mass is 9.92. The molecule has 7 heteroatoms. The molecule has 0 saturated carbocycles. The van der Waals surface area contributed by atoms with Crippen LogP contribution in [0.1, 0.15) is 29.5 Å². The molecule has 0 bridgehead atoms. The smallest absolute Gasteiger partial charge is 0.141 e. The van der Waals surface area contributed by atoms with Crippen LogP contribution in [0.5, 0.6) is 0 Å². The summed E-state index contributed by atoms with van der Waals surface area (Å²) in [5, 5.41) is 10.9. The lowest BCUT2D eigenvalue weighted by molar-refractivity contribution is 0.180. The van der Waals surface area contributed by atoms with Gasteiger partial charge in [0.25, 0.3) is 0 Å². The first kappa shape index (κ1) is 16.1. The van der Waals surface area contributed by atoms with Gasteiger partial charge in [-0.05, 0) is 43.1 Å². The normalized spacial score (nSPS) is 21.6. The maximum Gasteiger partial charge on any atom is 0.141 e. The number of fused-ring (bicyclic) bond motifs is 3. The molecule has 3 aliphatic rings. The molecule has 1 fully saturated rings. The van der Waals surface area contributed by atoms with Crippen molar-refractivity contribution in [3.63, 3.8) is 0 Å². The molecule has 1 atom stereocenters. The first-order valence-corrected chi connectivity index (χ1v) is 9.30. The Labute approximate surface area is 157 Å². The predicted molar refractivity (Wildman–Crippen MR) is 103 cm³/mol. The third kappa shape index (κ3) is 2.89. The van der Waals surface area contributed by atoms with Crippen LogP contribution < -0.4 is 11.0 Å². The minimum Gasteiger partial charge on any atom is -0.346 e. The minimum absolute atomic E-state index is 0.443. The topological polar surface area (TPSA) is 82.5 Å². The number of likely N-dealkylation sites (tertiary alicyclic amines) is 1. The number of piperidine rings is 1. The van der Waals surface area contributed by atoms with Crippen LogP contribution >= 0.6 is 0 Å². The van der Waals surface area contributed by atoms with Gasteiger partial charge in [-0.25, -0.2) is 10.0 Å². The van der Waals surface area contributed by atoms with Crippen LogP contribution in [0, 0.1) is 17.2 Å². The fourth-order valence-corrected chi connectivity index (χ4v) is 4.17. The zero-order valence-electron chi connectivity index (χ0n) is 14.9. The molecular formula is C20H21N7. The van der Waals surface area contributed by atoms with Gasteiger partial charge in [0.05, 0.1) is 23.0 Å². The van der Waals surface area contributed by atoms with Crippen LogP contribution in [0.2, 0.25) is 0 Å². The van der Waals surface area contributed by atoms with Gasteiger partial charge < -0.3 is 10.4 Å². The van der Waals surface area contributed by atoms with Crippen molar-refractivity contribution in [2.24, 2.45) is 10.9 Å². The summed E-state index contributed by atoms with van der Waals surface area (Å²) in [6.45, 7) is 3.03. The molecule has 7 nitrogen and oxygen atoms in total. The van der Waals surface area contributed by atoms with Crippen LogP contribution in [0.3, 0.4) is 0 Å². The van der Waals surface area contributed by atoms with Gasteiger partial charge in [-0.3, -0.25) is 4.90 Å². The fourth-order valence-electron chi connectivity index (χ4n) is 4.17. The summed E-state index contributed by atoms with van der Waals surface area (Å²) in [6.07, 6.45) is 6.09. The van der Waals surface area contributed by atoms with E-state index in [1.54, 1.807) is 0 Å². The van der Waals surface area contributed by atoms with Crippen molar-refractivity contribution in [3.8, 4) is 6.07 Å². The Bertz CT molecular complexity index is 947. The van der Waals surface area contributed by atoms with Crippen molar-refractivity contribution in [3.05, 3.63) is 58.9 Å². The second kappa shape index (κ2) is 6.58. The number of aromatic nitrogens is 1. The van der Waals surface area contributed by atoms with Gasteiger partial charge in [-0.2, -0.15) is 5.26 Å². The van der Waals surface area contributed by atoms with E-state index in [-0.39, 0.29) is 0 Å². The molecule has 0 amide bonds. The van der Waals surface area contributed by atoms with Gasteiger partial charge in [0.15, 0.2) is 0 Å². The minimum atomic E-state index is 0.443. The average Bonchev–Trinajstić information content (AvgIpc) is 3.35. The largest absolute Gasteiger partial charge is 0.346 e. The van der Waals surface area contributed by atoms with Crippen LogP contribution in [0.25, 0.3) is 5.70 Å². The van der Waals surface area contributed by atoms with Crippen molar-refractivity contribution in [1.29, 1.82) is 5.26 Å². The summed E-state index contributed by atoms with van der Waals surface area (Å²) in [6, 6.07) is 12.2. The molecule has 1 saturated heterocycles. The number of hydrogen-bond donors (Lipinski definition) is 3. The summed E-state index contributed by atoms with van der Waals surface area (Å²) < 4.78 is 0. The van der Waals surface area contributed by atoms with Crippen molar-refractivity contribution in [2.75, 3.05) is 13.1 Å². The number of aliphatic imine (C=N–C) groups is 1. The molecule has 3 aliphatic heterocycles. The van der Waals surface area contributed by atoms with E-state index in [1.807, 2.05) is 29.7 Å². The molecule has 2 aromatic rings. The molecule has 136 valence electrons. The predicted octanol–water partition coefficient (Wildman–Crippen LogP) is 2.47. The monoisotopic (exact) mass is 359 g/mol. The zero-order chi connectivity index (χ0) is 18.2. The Balaban J connectivity index is 1.36. The SMILES string of the molecule is N#Cc1ccc(CN2CCCC(C3=C4c5cc[nH]c5N=CN4NN3)C2)cc1. The Morgan fingerprint density at radius 2 is 2.11 bits per heavy atom. The molecule has 27 heavy (non-hydrogen) atoms. The highest BCUT2D eigenvalue weighted by Gasteiger charge is 2.34. The fraction of sp³-hybridized carbons (Fsp3) is 0.300. The summed E-state index contributed by atoms with van der Waals surface area (Å²) in [4.78, 5) is 10.1. The maximum atomic E-state index is 8.96. The van der Waals surface area contributed by atoms with Gasteiger partial charge in [0, 0.05) is 30.8 Å². The maximum absolute atomic E-state index is 8.96. The van der Waals surface area contributed by atoms with Gasteiger partial charge in [0.2, 0.25) is 0 Å². The molecule has 5 rings (SSSR count). The highest BCUT2D eigenvalue weighted by molar-refractivity contribution is 5.87. The summed E-state index contributed by atoms with van der Waals surface area (Å²) >= 11 is 0. The number of nitriles is 1. The Morgan fingerprint density at radius 1 is 1.22 bits per heavy atom. The summed E-state index contributed by atoms with van der Waals surface area (Å²) in [5.74, 6) is 1.35. The van der Waals surface area contributed by atoms with Crippen molar-refractivity contribution < 1.29 is 0 Å². The summed E-state index contributed by atoms with van der Waals surface area (Å²) in [7, 11) is 0. The quantitative estimate of drug-likeness (QED) is 0.784. The van der Waals surface area contributed by atoms with E-state index in [0.29, 0.717) is 11.5 Å². The molecule has 1 aromatic heterocycles. The van der Waals surface area contributed by atoms with E-state index in [0.717, 1.165) is 31.0 Å². The van der Waals surface area contributed by atoms with Gasteiger partial charge >= 0.3 is 0 Å². The van der Waals surface area contributed by atoms with Crippen LogP contribution in [-0.2, 0) is 6.54 Å². The van der Waals surface area contributed by atoms with Crippen molar-refractivity contribution >= 4 is 17.9 Å². The molecule has 3 N–H and O–H groups in total. The van der Waals surface area contributed by atoms with E-state index < -0.39 is 0 Å². The number of nitrogens with zero attached hydrogens (tertiary/aromatic N) is 4. The first-order valence-electron chi connectivity index (χ1n) is 9.30. The second-order valence-electron chi connectivity index (χ2n) is 7.24. The molecule has 0 aliphatic carbocycles. The standard InChI is InChI=1S/C20H21N7/c21-10-14-3-5-15(6-4-14)11-26-9-1-2-16(12-26)18-19-17-7-8-22-20(17)23-13-27(19)25-24-18/h3-8,13,16,22,24-25H,1-2,9,11-12H2. The second-order valence-corrected chi connectivity index (χ2v) is 7.24. The van der Waals surface area contributed by atoms with Crippen molar-refractivity contribution in [2.45, 2.75) is 19.4 Å². The van der Waals surface area contributed by atoms with Crippen LogP contribution in [-0.4, -0.2) is 34.3 Å². The summed E-state index contributed by atoms with van der Waals surface area (Å²) in [5.41, 5.74) is 12.1. The van der Waals surface area contributed by atoms with Crippen LogP contribution in [0.15, 0.2) is 47.2 Å². The number of aromatic amines is 1. The van der Waals surface area contributed by atoms with Gasteiger partial charge in [-0.1, -0.05) is 12.1 Å². The van der Waals surface area contributed by atoms with Gasteiger partial charge in [-0.15, -0.1) is 5.53 Å². The van der Waals surface area contributed by atoms with E-state index in [4.69, 9.17) is 5.26 Å². The number of benzene rings is 1. The molecule has 0 radical (unpaired) electrons. The Morgan fingerprint density at radius 3 is 2.96 bits per heavy atom. The molecule has 0 spiro atoms. The molecule has 1 unspecified atom stereocenters. The van der Waals surface area contributed by atoms with E-state index >= 15 is 0 Å². The number of H-pyrrole nitrogens is 1.